The summed E-state index contributed by atoms with van der Waals surface area (Å²) in [4.78, 5) is 163. The molecule has 0 aliphatic carbocycles. The van der Waals surface area contributed by atoms with E-state index < -0.39 is 23.3 Å². The molecule has 0 saturated heterocycles. The number of rotatable bonds is 8. The average molecular weight is 1040 g/mol. The number of amides is 15. The smallest absolute Gasteiger partial charge is 0.277 e. The first-order valence-electron chi connectivity index (χ1n) is 21.9. The van der Waals surface area contributed by atoms with Gasteiger partial charge < -0.3 is 16.0 Å². The van der Waals surface area contributed by atoms with Crippen LogP contribution < -0.4 is 16.4 Å². The third-order valence-corrected chi connectivity index (χ3v) is 8.21. The molecular weight excluding hydrogens is 971 g/mol. The van der Waals surface area contributed by atoms with Gasteiger partial charge in [-0.1, -0.05) is 33.1 Å². The number of imide groups is 6. The summed E-state index contributed by atoms with van der Waals surface area (Å²) in [7, 11) is 4.82. The minimum Gasteiger partial charge on any atom is -0.366 e. The molecule has 0 aromatic rings. The normalized spacial score (nSPS) is 15.1. The zero-order valence-electron chi connectivity index (χ0n) is 43.0. The van der Waals surface area contributed by atoms with Crippen molar-refractivity contribution in [3.63, 3.8) is 0 Å². The molecule has 0 atom stereocenters. The highest BCUT2D eigenvalue weighted by Crippen LogP contribution is 2.18. The van der Waals surface area contributed by atoms with E-state index in [2.05, 4.69) is 30.8 Å². The van der Waals surface area contributed by atoms with Crippen LogP contribution in [0.25, 0.3) is 0 Å². The molecule has 6 aliphatic rings. The Bertz CT molecular complexity index is 2220. The third kappa shape index (κ3) is 29.1. The molecule has 25 heteroatoms. The molecule has 5 N–H and O–H groups in total. The van der Waals surface area contributed by atoms with Crippen LogP contribution in [0.5, 0.6) is 0 Å². The van der Waals surface area contributed by atoms with E-state index in [1.54, 1.807) is 21.0 Å². The van der Waals surface area contributed by atoms with Crippen LogP contribution in [-0.4, -0.2) is 169 Å². The highest BCUT2D eigenvalue weighted by Gasteiger charge is 2.33. The van der Waals surface area contributed by atoms with E-state index in [1.807, 2.05) is 46.9 Å². The molecular formula is C49H65N9O16. The lowest BCUT2D eigenvalue weighted by Gasteiger charge is -2.29. The van der Waals surface area contributed by atoms with Crippen LogP contribution >= 0.6 is 0 Å². The van der Waals surface area contributed by atoms with Crippen molar-refractivity contribution in [3.05, 3.63) is 111 Å². The lowest BCUT2D eigenvalue weighted by atomic mass is 10.1. The van der Waals surface area contributed by atoms with Crippen LogP contribution in [0.3, 0.4) is 0 Å². The molecule has 0 saturated carbocycles. The molecule has 15 amide bonds. The van der Waals surface area contributed by atoms with E-state index in [1.165, 1.54) is 99.6 Å². The Kier molecular flexibility index (Phi) is 33.5. The largest absolute Gasteiger partial charge is 0.366 e. The number of carbonyl (C=O) groups excluding carboxylic acids is 15. The van der Waals surface area contributed by atoms with Crippen LogP contribution in [0.4, 0.5) is 0 Å². The lowest BCUT2D eigenvalue weighted by Crippen LogP contribution is -2.45. The fourth-order valence-electron chi connectivity index (χ4n) is 4.52. The van der Waals surface area contributed by atoms with Gasteiger partial charge in [0.25, 0.3) is 70.9 Å². The molecule has 25 nitrogen and oxygen atoms in total. The molecule has 0 bridgehead atoms. The van der Waals surface area contributed by atoms with E-state index in [0.717, 1.165) is 36.0 Å². The number of nitrogens with two attached hydrogens (primary N) is 1. The summed E-state index contributed by atoms with van der Waals surface area (Å²) >= 11 is 0. The van der Waals surface area contributed by atoms with Gasteiger partial charge in [0.05, 0.1) is 0 Å². The number of hydroxylamine groups is 2. The second kappa shape index (κ2) is 35.9. The van der Waals surface area contributed by atoms with Crippen molar-refractivity contribution >= 4 is 88.6 Å². The molecule has 0 unspecified atom stereocenters. The number of carbonyl (C=O) groups is 15. The Morgan fingerprint density at radius 1 is 0.622 bits per heavy atom. The van der Waals surface area contributed by atoms with E-state index >= 15 is 0 Å². The molecule has 0 fully saturated rings. The topological polar surface area (TPSA) is 346 Å². The summed E-state index contributed by atoms with van der Waals surface area (Å²) in [5.74, 6) is -4.36. The highest BCUT2D eigenvalue weighted by molar-refractivity contribution is 6.15. The number of hydrogen-bond acceptors (Lipinski definition) is 16. The van der Waals surface area contributed by atoms with Gasteiger partial charge in [-0.25, -0.2) is 0 Å². The minimum atomic E-state index is -0.685. The van der Waals surface area contributed by atoms with Crippen molar-refractivity contribution in [2.75, 3.05) is 34.2 Å². The number of primary amides is 1. The molecule has 402 valence electrons. The van der Waals surface area contributed by atoms with Crippen molar-refractivity contribution < 1.29 is 77.1 Å². The van der Waals surface area contributed by atoms with Crippen LogP contribution in [0, 0.1) is 0 Å². The van der Waals surface area contributed by atoms with Gasteiger partial charge in [0, 0.05) is 119 Å². The molecule has 6 aliphatic heterocycles. The predicted molar refractivity (Wildman–Crippen MR) is 267 cm³/mol. The summed E-state index contributed by atoms with van der Waals surface area (Å²) in [6.07, 6.45) is 20.2. The van der Waals surface area contributed by atoms with Crippen LogP contribution in [0.1, 0.15) is 61.3 Å². The van der Waals surface area contributed by atoms with Crippen LogP contribution in [-0.2, 0) is 71.9 Å². The number of nitrogens with one attached hydrogen (secondary N) is 2. The first-order chi connectivity index (χ1) is 34.3. The van der Waals surface area contributed by atoms with Gasteiger partial charge >= 0.3 is 0 Å². The van der Waals surface area contributed by atoms with Crippen molar-refractivity contribution in [1.82, 2.24) is 40.2 Å². The second-order valence-corrected chi connectivity index (χ2v) is 15.8. The molecule has 0 aromatic carbocycles. The monoisotopic (exact) mass is 1040 g/mol. The van der Waals surface area contributed by atoms with Gasteiger partial charge in [0.2, 0.25) is 17.7 Å². The Morgan fingerprint density at radius 2 is 0.973 bits per heavy atom. The average Bonchev–Trinajstić information content (AvgIpc) is 4.18. The maximum atomic E-state index is 11.0. The molecule has 6 rings (SSSR count). The van der Waals surface area contributed by atoms with Crippen molar-refractivity contribution in [2.24, 2.45) is 5.73 Å². The minimum absolute atomic E-state index is 0.0556. The van der Waals surface area contributed by atoms with Gasteiger partial charge in [0.15, 0.2) is 0 Å². The van der Waals surface area contributed by atoms with E-state index in [4.69, 9.17) is 5.21 Å². The Balaban J connectivity index is -0.000000773. The Morgan fingerprint density at radius 3 is 1.14 bits per heavy atom. The number of nitrogens with zero attached hydrogens (tertiary/aromatic N) is 6. The Labute approximate surface area is 428 Å². The van der Waals surface area contributed by atoms with Crippen LogP contribution in [0.15, 0.2) is 111 Å². The zero-order chi connectivity index (χ0) is 58.1. The van der Waals surface area contributed by atoms with Gasteiger partial charge in [0.1, 0.15) is 0 Å². The molecule has 0 spiro atoms. The molecule has 6 heterocycles. The fourth-order valence-corrected chi connectivity index (χ4v) is 4.52. The zero-order valence-corrected chi connectivity index (χ0v) is 43.0. The van der Waals surface area contributed by atoms with Crippen molar-refractivity contribution in [3.8, 4) is 0 Å². The first kappa shape index (κ1) is 69.1. The van der Waals surface area contributed by atoms with Crippen molar-refractivity contribution in [1.29, 1.82) is 0 Å². The van der Waals surface area contributed by atoms with Gasteiger partial charge in [-0.2, -0.15) is 0 Å². The highest BCUT2D eigenvalue weighted by atomic mass is 16.5. The maximum absolute atomic E-state index is 11.0. The second-order valence-electron chi connectivity index (χ2n) is 15.8. The Hall–Kier alpha value is -9.13. The van der Waals surface area contributed by atoms with Crippen molar-refractivity contribution in [2.45, 2.75) is 72.9 Å². The molecule has 0 aromatic heterocycles. The number of hydrogen-bond donors (Lipinski definition) is 4. The van der Waals surface area contributed by atoms with Gasteiger partial charge in [-0.3, -0.25) is 102 Å². The van der Waals surface area contributed by atoms with E-state index in [-0.39, 0.29) is 82.0 Å². The van der Waals surface area contributed by atoms with Gasteiger partial charge in [-0.05, 0) is 66.2 Å². The summed E-state index contributed by atoms with van der Waals surface area (Å²) in [5.41, 5.74) is 4.13. The fraction of sp³-hybridized carbons (Fsp3) is 0.327. The van der Waals surface area contributed by atoms with Crippen LogP contribution in [0.2, 0.25) is 0 Å². The first-order valence-corrected chi connectivity index (χ1v) is 21.9. The maximum Gasteiger partial charge on any atom is 0.277 e. The quantitative estimate of drug-likeness (QED) is 0.141. The summed E-state index contributed by atoms with van der Waals surface area (Å²) < 4.78 is 0. The number of likely N-dealkylation sites (N-methyl/N-ethyl adjacent to an activating group) is 3. The lowest BCUT2D eigenvalue weighted by molar-refractivity contribution is -0.169. The third-order valence-electron chi connectivity index (χ3n) is 8.21. The SMILES string of the molecule is C=CC(=O)N(C)C.C=CC(=O)NC(C)C.C=CC(N)=O.CC(C)(C)N1C(=O)C=CC1=O.CCCCN1C(=O)C=CC1=O.CCN1C(=O)C=CC1=O.CN1C(=O)C=CC1=O.O=C1C=CC(=O)N1.O=C1C=CC(=O)N1O. The predicted octanol–water partition coefficient (Wildman–Crippen LogP) is 0.00880. The van der Waals surface area contributed by atoms with Gasteiger partial charge in [-0.15, -0.1) is 5.06 Å². The summed E-state index contributed by atoms with van der Waals surface area (Å²) in [6, 6.07) is 0.209. The summed E-state index contributed by atoms with van der Waals surface area (Å²) in [6.45, 7) is 23.8. The molecule has 74 heavy (non-hydrogen) atoms. The summed E-state index contributed by atoms with van der Waals surface area (Å²) in [5, 5.41) is 13.1. The number of unbranched alkanes of at least 4 members (excludes halogenated alkanes) is 1. The van der Waals surface area contributed by atoms with E-state index in [9.17, 15) is 71.9 Å². The standard InChI is InChI=1S/2C8H11NO2.C6H7NO2.C6H11NO.C5H5NO2.C5H9NO.C4H3NO3.C4H3NO2.C3H5NO/c1-8(2,3)9-6(10)4-5-7(9)11;1-2-3-6-9-7(10)4-5-8(9)11;1-2-7-5(8)3-4-6(7)9;1-4-6(8)7-5(2)3;1-6-4(7)2-3-5(6)8;1-4-5(7)6(2)3;6-3-1-2-4(7)5(3)8;6-3-1-2-4(7)5-3;1-2-3(4)5/h4-5H,1-3H3;4-5H,2-3,6H2,1H3;3-4H,2H2,1H3;4-5H,1H2,2-3H3,(H,7,8);2-3H,1H3;4H,1H2,2-3H3;1-2,8H;1-2H,(H,5,6,7);2H,1H2,(H2,4,5). The molecule has 0 radical (unpaired) electrons. The van der Waals surface area contributed by atoms with E-state index in [0.29, 0.717) is 13.1 Å².